The van der Waals surface area contributed by atoms with Crippen LogP contribution in [-0.2, 0) is 13.0 Å². The minimum Gasteiger partial charge on any atom is -0.384 e. The SMILES string of the molecule is CCn1cc(NCCc2ccccc2)ccc1=O. The fourth-order valence-corrected chi connectivity index (χ4v) is 1.88. The molecule has 1 aromatic heterocycles. The van der Waals surface area contributed by atoms with Crippen molar-refractivity contribution in [2.45, 2.75) is 19.9 Å². The lowest BCUT2D eigenvalue weighted by molar-refractivity contribution is 0.727. The maximum absolute atomic E-state index is 11.4. The molecular formula is C15H18N2O. The van der Waals surface area contributed by atoms with E-state index in [-0.39, 0.29) is 5.56 Å². The summed E-state index contributed by atoms with van der Waals surface area (Å²) < 4.78 is 1.70. The molecule has 1 N–H and O–H groups in total. The van der Waals surface area contributed by atoms with Gasteiger partial charge in [0, 0.05) is 25.4 Å². The van der Waals surface area contributed by atoms with Crippen molar-refractivity contribution in [3.8, 4) is 0 Å². The molecule has 3 heteroatoms. The van der Waals surface area contributed by atoms with Gasteiger partial charge in [-0.15, -0.1) is 0 Å². The maximum atomic E-state index is 11.4. The van der Waals surface area contributed by atoms with Crippen LogP contribution in [0.3, 0.4) is 0 Å². The lowest BCUT2D eigenvalue weighted by Gasteiger charge is -2.08. The summed E-state index contributed by atoms with van der Waals surface area (Å²) in [5.74, 6) is 0. The van der Waals surface area contributed by atoms with E-state index in [1.54, 1.807) is 10.6 Å². The topological polar surface area (TPSA) is 34.0 Å². The number of anilines is 1. The number of aromatic nitrogens is 1. The van der Waals surface area contributed by atoms with Crippen LogP contribution < -0.4 is 10.9 Å². The molecular weight excluding hydrogens is 224 g/mol. The molecule has 0 amide bonds. The van der Waals surface area contributed by atoms with Crippen LogP contribution in [0.2, 0.25) is 0 Å². The third-order valence-electron chi connectivity index (χ3n) is 2.91. The van der Waals surface area contributed by atoms with Crippen LogP contribution in [0.15, 0.2) is 53.5 Å². The number of hydrogen-bond donors (Lipinski definition) is 1. The molecule has 0 aliphatic carbocycles. The summed E-state index contributed by atoms with van der Waals surface area (Å²) in [4.78, 5) is 11.4. The summed E-state index contributed by atoms with van der Waals surface area (Å²) in [6.45, 7) is 3.54. The summed E-state index contributed by atoms with van der Waals surface area (Å²) in [7, 11) is 0. The van der Waals surface area contributed by atoms with Gasteiger partial charge < -0.3 is 9.88 Å². The van der Waals surface area contributed by atoms with Gasteiger partial charge in [0.25, 0.3) is 5.56 Å². The number of rotatable bonds is 5. The van der Waals surface area contributed by atoms with Crippen LogP contribution in [0.25, 0.3) is 0 Å². The predicted octanol–water partition coefficient (Wildman–Crippen LogP) is 2.52. The second-order valence-electron chi connectivity index (χ2n) is 4.20. The molecule has 0 atom stereocenters. The Morgan fingerprint density at radius 3 is 2.61 bits per heavy atom. The van der Waals surface area contributed by atoms with E-state index in [0.29, 0.717) is 6.54 Å². The first-order valence-electron chi connectivity index (χ1n) is 6.28. The molecule has 2 rings (SSSR count). The Hall–Kier alpha value is -2.03. The summed E-state index contributed by atoms with van der Waals surface area (Å²) in [5, 5.41) is 3.34. The average molecular weight is 242 g/mol. The van der Waals surface area contributed by atoms with Gasteiger partial charge >= 0.3 is 0 Å². The highest BCUT2D eigenvalue weighted by Gasteiger charge is 1.97. The normalized spacial score (nSPS) is 10.3. The van der Waals surface area contributed by atoms with E-state index in [1.807, 2.05) is 37.4 Å². The Balaban J connectivity index is 1.93. The van der Waals surface area contributed by atoms with Gasteiger partial charge in [-0.3, -0.25) is 4.79 Å². The van der Waals surface area contributed by atoms with Crippen LogP contribution >= 0.6 is 0 Å². The molecule has 1 aromatic carbocycles. The zero-order valence-corrected chi connectivity index (χ0v) is 10.6. The Kier molecular flexibility index (Phi) is 4.18. The van der Waals surface area contributed by atoms with Crippen LogP contribution in [0.4, 0.5) is 5.69 Å². The first kappa shape index (κ1) is 12.4. The van der Waals surface area contributed by atoms with Crippen molar-refractivity contribution >= 4 is 5.69 Å². The Bertz CT molecular complexity index is 546. The van der Waals surface area contributed by atoms with Crippen LogP contribution in [-0.4, -0.2) is 11.1 Å². The zero-order valence-electron chi connectivity index (χ0n) is 10.6. The predicted molar refractivity (Wildman–Crippen MR) is 75.0 cm³/mol. The second kappa shape index (κ2) is 6.05. The van der Waals surface area contributed by atoms with E-state index in [1.165, 1.54) is 5.56 Å². The van der Waals surface area contributed by atoms with Crippen LogP contribution in [0, 0.1) is 0 Å². The Morgan fingerprint density at radius 1 is 1.11 bits per heavy atom. The molecule has 18 heavy (non-hydrogen) atoms. The number of aryl methyl sites for hydroxylation is 1. The van der Waals surface area contributed by atoms with Gasteiger partial charge in [-0.1, -0.05) is 30.3 Å². The molecule has 2 aromatic rings. The van der Waals surface area contributed by atoms with Crippen molar-refractivity contribution in [1.82, 2.24) is 4.57 Å². The highest BCUT2D eigenvalue weighted by molar-refractivity contribution is 5.40. The first-order chi connectivity index (χ1) is 8.79. The number of nitrogens with one attached hydrogen (secondary N) is 1. The average Bonchev–Trinajstić information content (AvgIpc) is 2.42. The molecule has 1 heterocycles. The summed E-state index contributed by atoms with van der Waals surface area (Å²) >= 11 is 0. The first-order valence-corrected chi connectivity index (χ1v) is 6.28. The number of benzene rings is 1. The van der Waals surface area contributed by atoms with Crippen molar-refractivity contribution in [1.29, 1.82) is 0 Å². The standard InChI is InChI=1S/C15H18N2O/c1-2-17-12-14(8-9-15(17)18)16-11-10-13-6-4-3-5-7-13/h3-9,12,16H,2,10-11H2,1H3. The fraction of sp³-hybridized carbons (Fsp3) is 0.267. The number of pyridine rings is 1. The quantitative estimate of drug-likeness (QED) is 0.874. The van der Waals surface area contributed by atoms with E-state index in [4.69, 9.17) is 0 Å². The van der Waals surface area contributed by atoms with E-state index in [0.717, 1.165) is 18.7 Å². The van der Waals surface area contributed by atoms with Crippen molar-refractivity contribution in [2.24, 2.45) is 0 Å². The monoisotopic (exact) mass is 242 g/mol. The smallest absolute Gasteiger partial charge is 0.250 e. The summed E-state index contributed by atoms with van der Waals surface area (Å²) in [6, 6.07) is 13.8. The largest absolute Gasteiger partial charge is 0.384 e. The van der Waals surface area contributed by atoms with E-state index in [9.17, 15) is 4.79 Å². The van der Waals surface area contributed by atoms with Gasteiger partial charge in [-0.05, 0) is 25.0 Å². The van der Waals surface area contributed by atoms with Gasteiger partial charge in [0.1, 0.15) is 0 Å². The molecule has 0 spiro atoms. The van der Waals surface area contributed by atoms with Gasteiger partial charge in [-0.2, -0.15) is 0 Å². The van der Waals surface area contributed by atoms with E-state index in [2.05, 4.69) is 17.4 Å². The molecule has 0 fully saturated rings. The fourth-order valence-electron chi connectivity index (χ4n) is 1.88. The molecule has 3 nitrogen and oxygen atoms in total. The maximum Gasteiger partial charge on any atom is 0.250 e. The minimum atomic E-state index is 0.0473. The summed E-state index contributed by atoms with van der Waals surface area (Å²) in [6.07, 6.45) is 2.85. The Morgan fingerprint density at radius 2 is 1.89 bits per heavy atom. The van der Waals surface area contributed by atoms with Gasteiger partial charge in [0.05, 0.1) is 5.69 Å². The molecule has 94 valence electrons. The second-order valence-corrected chi connectivity index (χ2v) is 4.20. The number of nitrogens with zero attached hydrogens (tertiary/aromatic N) is 1. The van der Waals surface area contributed by atoms with Crippen molar-refractivity contribution in [3.05, 3.63) is 64.6 Å². The lowest BCUT2D eigenvalue weighted by Crippen LogP contribution is -2.18. The van der Waals surface area contributed by atoms with Crippen molar-refractivity contribution in [3.63, 3.8) is 0 Å². The van der Waals surface area contributed by atoms with Crippen LogP contribution in [0.1, 0.15) is 12.5 Å². The highest BCUT2D eigenvalue weighted by atomic mass is 16.1. The highest BCUT2D eigenvalue weighted by Crippen LogP contribution is 2.05. The van der Waals surface area contributed by atoms with Gasteiger partial charge in [0.15, 0.2) is 0 Å². The minimum absolute atomic E-state index is 0.0473. The third-order valence-corrected chi connectivity index (χ3v) is 2.91. The molecule has 0 bridgehead atoms. The zero-order chi connectivity index (χ0) is 12.8. The number of hydrogen-bond acceptors (Lipinski definition) is 2. The van der Waals surface area contributed by atoms with Gasteiger partial charge in [-0.25, -0.2) is 0 Å². The lowest BCUT2D eigenvalue weighted by atomic mass is 10.1. The molecule has 0 saturated heterocycles. The van der Waals surface area contributed by atoms with Crippen molar-refractivity contribution < 1.29 is 0 Å². The molecule has 0 aliphatic rings. The molecule has 0 aliphatic heterocycles. The molecule has 0 radical (unpaired) electrons. The third kappa shape index (κ3) is 3.23. The van der Waals surface area contributed by atoms with E-state index < -0.39 is 0 Å². The van der Waals surface area contributed by atoms with Crippen molar-refractivity contribution in [2.75, 3.05) is 11.9 Å². The molecule has 0 saturated carbocycles. The van der Waals surface area contributed by atoms with Crippen LogP contribution in [0.5, 0.6) is 0 Å². The Labute approximate surface area is 107 Å². The van der Waals surface area contributed by atoms with Gasteiger partial charge in [0.2, 0.25) is 0 Å². The summed E-state index contributed by atoms with van der Waals surface area (Å²) in [5.41, 5.74) is 2.35. The van der Waals surface area contributed by atoms with E-state index >= 15 is 0 Å². The molecule has 0 unspecified atom stereocenters.